The zero-order chi connectivity index (χ0) is 11.5. The van der Waals surface area contributed by atoms with E-state index in [1.54, 1.807) is 0 Å². The van der Waals surface area contributed by atoms with E-state index in [1.165, 1.54) is 25.7 Å². The van der Waals surface area contributed by atoms with Gasteiger partial charge in [0.1, 0.15) is 0 Å². The molecule has 0 aromatic rings. The number of carbonyl (C=O) groups excluding carboxylic acids is 1. The van der Waals surface area contributed by atoms with Crippen molar-refractivity contribution in [3.8, 4) is 0 Å². The lowest BCUT2D eigenvalue weighted by Gasteiger charge is -2.08. The Bertz CT molecular complexity index is 162. The highest BCUT2D eigenvalue weighted by atomic mass is 79.9. The number of amides is 1. The van der Waals surface area contributed by atoms with Crippen LogP contribution in [0.25, 0.3) is 0 Å². The number of hydrogen-bond donors (Lipinski definition) is 1. The Labute approximate surface area is 102 Å². The second kappa shape index (κ2) is 10.5. The lowest BCUT2D eigenvalue weighted by Crippen LogP contribution is -2.28. The van der Waals surface area contributed by atoms with E-state index in [0.717, 1.165) is 19.4 Å². The molecule has 2 nitrogen and oxygen atoms in total. The third kappa shape index (κ3) is 10.2. The molecule has 0 aliphatic carbocycles. The van der Waals surface area contributed by atoms with Gasteiger partial charge >= 0.3 is 0 Å². The van der Waals surface area contributed by atoms with E-state index in [1.807, 2.05) is 0 Å². The second-order valence-electron chi connectivity index (χ2n) is 3.97. The van der Waals surface area contributed by atoms with E-state index < -0.39 is 0 Å². The fraction of sp³-hybridized carbons (Fsp3) is 0.917. The van der Waals surface area contributed by atoms with E-state index in [4.69, 9.17) is 0 Å². The van der Waals surface area contributed by atoms with Crippen molar-refractivity contribution in [1.29, 1.82) is 0 Å². The van der Waals surface area contributed by atoms with Crippen molar-refractivity contribution in [3.63, 3.8) is 0 Å². The van der Waals surface area contributed by atoms with Crippen molar-refractivity contribution in [2.24, 2.45) is 0 Å². The molecule has 3 heteroatoms. The first kappa shape index (κ1) is 14.9. The number of halogens is 1. The predicted octanol–water partition coefficient (Wildman–Crippen LogP) is 3.64. The van der Waals surface area contributed by atoms with Crippen molar-refractivity contribution < 1.29 is 4.79 Å². The maximum absolute atomic E-state index is 11.4. The van der Waals surface area contributed by atoms with E-state index in [-0.39, 0.29) is 5.91 Å². The topological polar surface area (TPSA) is 29.1 Å². The summed E-state index contributed by atoms with van der Waals surface area (Å²) >= 11 is 3.49. The first-order valence-corrected chi connectivity index (χ1v) is 7.03. The van der Waals surface area contributed by atoms with E-state index in [0.29, 0.717) is 11.2 Å². The van der Waals surface area contributed by atoms with Crippen LogP contribution in [-0.4, -0.2) is 17.3 Å². The van der Waals surface area contributed by atoms with Gasteiger partial charge in [0.25, 0.3) is 0 Å². The van der Waals surface area contributed by atoms with Gasteiger partial charge in [0, 0.05) is 17.8 Å². The van der Waals surface area contributed by atoms with Gasteiger partial charge in [-0.2, -0.15) is 0 Å². The molecule has 0 aliphatic rings. The third-order valence-corrected chi connectivity index (χ3v) is 3.44. The molecular formula is C12H24BrNO. The zero-order valence-corrected chi connectivity index (χ0v) is 11.6. The van der Waals surface area contributed by atoms with Gasteiger partial charge in [-0.3, -0.25) is 4.79 Å². The van der Waals surface area contributed by atoms with E-state index >= 15 is 0 Å². The summed E-state index contributed by atoms with van der Waals surface area (Å²) in [5, 5.41) is 2.94. The molecule has 1 unspecified atom stereocenters. The maximum atomic E-state index is 11.4. The molecule has 0 saturated heterocycles. The lowest BCUT2D eigenvalue weighted by molar-refractivity contribution is -0.121. The normalized spacial score (nSPS) is 12.5. The lowest BCUT2D eigenvalue weighted by atomic mass is 10.1. The molecular weight excluding hydrogens is 254 g/mol. The second-order valence-corrected chi connectivity index (χ2v) is 5.27. The molecule has 0 radical (unpaired) electrons. The minimum atomic E-state index is 0.199. The minimum Gasteiger partial charge on any atom is -0.355 e. The highest BCUT2D eigenvalue weighted by Gasteiger charge is 2.04. The van der Waals surface area contributed by atoms with Gasteiger partial charge in [0.2, 0.25) is 5.91 Å². The standard InChI is InChI=1S/C12H24BrNO/c1-3-5-6-7-8-9-12(15)14-10-11(13)4-2/h11H,3-10H2,1-2H3,(H,14,15). The van der Waals surface area contributed by atoms with Crippen LogP contribution in [-0.2, 0) is 4.79 Å². The maximum Gasteiger partial charge on any atom is 0.220 e. The van der Waals surface area contributed by atoms with Crippen molar-refractivity contribution in [2.75, 3.05) is 6.54 Å². The number of hydrogen-bond acceptors (Lipinski definition) is 1. The van der Waals surface area contributed by atoms with Gasteiger partial charge in [0.05, 0.1) is 0 Å². The molecule has 15 heavy (non-hydrogen) atoms. The van der Waals surface area contributed by atoms with Crippen LogP contribution in [0.15, 0.2) is 0 Å². The van der Waals surface area contributed by atoms with Crippen molar-refractivity contribution in [1.82, 2.24) is 5.32 Å². The number of alkyl halides is 1. The van der Waals surface area contributed by atoms with Crippen LogP contribution >= 0.6 is 15.9 Å². The van der Waals surface area contributed by atoms with Gasteiger partial charge in [-0.1, -0.05) is 55.5 Å². The molecule has 1 N–H and O–H groups in total. The Balaban J connectivity index is 3.26. The fourth-order valence-corrected chi connectivity index (χ4v) is 1.51. The molecule has 1 amide bonds. The summed E-state index contributed by atoms with van der Waals surface area (Å²) in [6, 6.07) is 0. The average molecular weight is 278 g/mol. The Morgan fingerprint density at radius 3 is 2.47 bits per heavy atom. The van der Waals surface area contributed by atoms with Crippen LogP contribution in [0.2, 0.25) is 0 Å². The molecule has 90 valence electrons. The average Bonchev–Trinajstić information content (AvgIpc) is 2.25. The van der Waals surface area contributed by atoms with Crippen molar-refractivity contribution in [3.05, 3.63) is 0 Å². The summed E-state index contributed by atoms with van der Waals surface area (Å²) in [6.07, 6.45) is 7.77. The summed E-state index contributed by atoms with van der Waals surface area (Å²) in [5.41, 5.74) is 0. The number of nitrogens with one attached hydrogen (secondary N) is 1. The monoisotopic (exact) mass is 277 g/mol. The van der Waals surface area contributed by atoms with E-state index in [2.05, 4.69) is 35.1 Å². The summed E-state index contributed by atoms with van der Waals surface area (Å²) in [5.74, 6) is 0.199. The quantitative estimate of drug-likeness (QED) is 0.506. The van der Waals surface area contributed by atoms with Gasteiger partial charge in [-0.25, -0.2) is 0 Å². The molecule has 0 saturated carbocycles. The van der Waals surface area contributed by atoms with Gasteiger partial charge in [0.15, 0.2) is 0 Å². The van der Waals surface area contributed by atoms with Gasteiger partial charge in [-0.05, 0) is 12.8 Å². The number of rotatable bonds is 9. The van der Waals surface area contributed by atoms with Crippen LogP contribution in [0.5, 0.6) is 0 Å². The van der Waals surface area contributed by atoms with E-state index in [9.17, 15) is 4.79 Å². The molecule has 0 aromatic carbocycles. The Morgan fingerprint density at radius 1 is 1.20 bits per heavy atom. The Hall–Kier alpha value is -0.0500. The van der Waals surface area contributed by atoms with Gasteiger partial charge < -0.3 is 5.32 Å². The van der Waals surface area contributed by atoms with Crippen LogP contribution < -0.4 is 5.32 Å². The first-order valence-electron chi connectivity index (χ1n) is 6.11. The highest BCUT2D eigenvalue weighted by Crippen LogP contribution is 2.05. The SMILES string of the molecule is CCCCCCCC(=O)NCC(Br)CC. The largest absolute Gasteiger partial charge is 0.355 e. The molecule has 0 aliphatic heterocycles. The van der Waals surface area contributed by atoms with Crippen LogP contribution in [0.3, 0.4) is 0 Å². The van der Waals surface area contributed by atoms with Crippen molar-refractivity contribution >= 4 is 21.8 Å². The summed E-state index contributed by atoms with van der Waals surface area (Å²) in [6.45, 7) is 5.06. The summed E-state index contributed by atoms with van der Waals surface area (Å²) in [7, 11) is 0. The zero-order valence-electron chi connectivity index (χ0n) is 10.0. The molecule has 0 spiro atoms. The fourth-order valence-electron chi connectivity index (χ4n) is 1.35. The van der Waals surface area contributed by atoms with Crippen molar-refractivity contribution in [2.45, 2.75) is 63.6 Å². The summed E-state index contributed by atoms with van der Waals surface area (Å²) < 4.78 is 0. The molecule has 0 fully saturated rings. The van der Waals surface area contributed by atoms with Crippen LogP contribution in [0.1, 0.15) is 58.8 Å². The number of carbonyl (C=O) groups is 1. The van der Waals surface area contributed by atoms with Crippen LogP contribution in [0, 0.1) is 0 Å². The van der Waals surface area contributed by atoms with Crippen LogP contribution in [0.4, 0.5) is 0 Å². The molecule has 0 rings (SSSR count). The third-order valence-electron chi connectivity index (χ3n) is 2.47. The molecule has 0 heterocycles. The molecule has 0 aromatic heterocycles. The smallest absolute Gasteiger partial charge is 0.220 e. The molecule has 0 bridgehead atoms. The summed E-state index contributed by atoms with van der Waals surface area (Å²) in [4.78, 5) is 11.8. The molecule has 1 atom stereocenters. The number of unbranched alkanes of at least 4 members (excludes halogenated alkanes) is 4. The Morgan fingerprint density at radius 2 is 1.87 bits per heavy atom. The first-order chi connectivity index (χ1) is 7.20. The Kier molecular flexibility index (Phi) is 10.4. The minimum absolute atomic E-state index is 0.199. The van der Waals surface area contributed by atoms with Gasteiger partial charge in [-0.15, -0.1) is 0 Å². The predicted molar refractivity (Wildman–Crippen MR) is 69.4 cm³/mol. The highest BCUT2D eigenvalue weighted by molar-refractivity contribution is 9.09.